The number of carbonyl (C=O) groups is 2. The van der Waals surface area contributed by atoms with Gasteiger partial charge in [0.15, 0.2) is 5.78 Å². The van der Waals surface area contributed by atoms with Crippen molar-refractivity contribution in [3.05, 3.63) is 29.8 Å². The lowest BCUT2D eigenvalue weighted by atomic mass is 10.1. The van der Waals surface area contributed by atoms with E-state index in [4.69, 9.17) is 5.73 Å². The van der Waals surface area contributed by atoms with Gasteiger partial charge in [-0.15, -0.1) is 0 Å². The molecule has 0 aliphatic heterocycles. The summed E-state index contributed by atoms with van der Waals surface area (Å²) in [6.45, 7) is 3.17. The maximum atomic E-state index is 11.1. The fraction of sp³-hybridized carbons (Fsp3) is 0.273. The molecule has 4 heteroatoms. The second kappa shape index (κ2) is 4.59. The fourth-order valence-electron chi connectivity index (χ4n) is 1.15. The molecule has 0 saturated heterocycles. The highest BCUT2D eigenvalue weighted by atomic mass is 16.1. The minimum atomic E-state index is -0.452. The zero-order valence-electron chi connectivity index (χ0n) is 8.78. The molecular formula is C11H14N2O2. The quantitative estimate of drug-likeness (QED) is 0.726. The van der Waals surface area contributed by atoms with Gasteiger partial charge in [0.2, 0.25) is 5.91 Å². The predicted octanol–water partition coefficient (Wildman–Crippen LogP) is 1.17. The summed E-state index contributed by atoms with van der Waals surface area (Å²) in [5.74, 6) is -0.436. The van der Waals surface area contributed by atoms with Crippen molar-refractivity contribution in [1.82, 2.24) is 0 Å². The largest absolute Gasteiger partial charge is 0.374 e. The van der Waals surface area contributed by atoms with E-state index in [0.717, 1.165) is 0 Å². The molecule has 0 radical (unpaired) electrons. The summed E-state index contributed by atoms with van der Waals surface area (Å²) in [4.78, 5) is 21.9. The van der Waals surface area contributed by atoms with Crippen LogP contribution in [0.25, 0.3) is 0 Å². The molecule has 1 aromatic rings. The van der Waals surface area contributed by atoms with Crippen LogP contribution < -0.4 is 11.1 Å². The maximum Gasteiger partial charge on any atom is 0.239 e. The molecule has 0 heterocycles. The Bertz CT molecular complexity index is 388. The Morgan fingerprint density at radius 3 is 2.60 bits per heavy atom. The summed E-state index contributed by atoms with van der Waals surface area (Å²) in [7, 11) is 0. The number of nitrogens with one attached hydrogen (secondary N) is 1. The van der Waals surface area contributed by atoms with Gasteiger partial charge in [0.05, 0.1) is 0 Å². The molecule has 0 aliphatic carbocycles. The molecular weight excluding hydrogens is 192 g/mol. The molecule has 0 aromatic heterocycles. The standard InChI is InChI=1S/C11H14N2O2/c1-7(11(12)15)13-10-5-3-4-9(6-10)8(2)14/h3-7,13H,1-2H3,(H2,12,15). The number of Topliss-reactive ketones (excluding diaryl/α,β-unsaturated/α-hetero) is 1. The van der Waals surface area contributed by atoms with Gasteiger partial charge in [0, 0.05) is 11.3 Å². The molecule has 0 aliphatic rings. The third kappa shape index (κ3) is 3.09. The SMILES string of the molecule is CC(=O)c1cccc(NC(C)C(N)=O)c1. The molecule has 0 saturated carbocycles. The van der Waals surface area contributed by atoms with Crippen molar-refractivity contribution < 1.29 is 9.59 Å². The molecule has 80 valence electrons. The zero-order chi connectivity index (χ0) is 11.4. The van der Waals surface area contributed by atoms with Crippen molar-refractivity contribution in [2.75, 3.05) is 5.32 Å². The Kier molecular flexibility index (Phi) is 3.44. The van der Waals surface area contributed by atoms with Crippen molar-refractivity contribution in [3.63, 3.8) is 0 Å². The minimum Gasteiger partial charge on any atom is -0.374 e. The highest BCUT2D eigenvalue weighted by Gasteiger charge is 2.08. The first-order valence-electron chi connectivity index (χ1n) is 4.67. The number of nitrogens with two attached hydrogens (primary N) is 1. The van der Waals surface area contributed by atoms with Crippen LogP contribution in [0.5, 0.6) is 0 Å². The average Bonchev–Trinajstić information content (AvgIpc) is 2.18. The van der Waals surface area contributed by atoms with Gasteiger partial charge in [-0.3, -0.25) is 9.59 Å². The van der Waals surface area contributed by atoms with Crippen LogP contribution in [0.15, 0.2) is 24.3 Å². The number of hydrogen-bond acceptors (Lipinski definition) is 3. The number of rotatable bonds is 4. The van der Waals surface area contributed by atoms with Gasteiger partial charge < -0.3 is 11.1 Å². The topological polar surface area (TPSA) is 72.2 Å². The molecule has 0 bridgehead atoms. The van der Waals surface area contributed by atoms with Crippen LogP contribution in [-0.4, -0.2) is 17.7 Å². The molecule has 0 fully saturated rings. The minimum absolute atomic E-state index is 0.00891. The number of carbonyl (C=O) groups excluding carboxylic acids is 2. The van der Waals surface area contributed by atoms with Gasteiger partial charge in [-0.05, 0) is 26.0 Å². The van der Waals surface area contributed by atoms with Crippen molar-refractivity contribution in [3.8, 4) is 0 Å². The summed E-state index contributed by atoms with van der Waals surface area (Å²) < 4.78 is 0. The maximum absolute atomic E-state index is 11.1. The Morgan fingerprint density at radius 2 is 2.07 bits per heavy atom. The van der Waals surface area contributed by atoms with E-state index >= 15 is 0 Å². The lowest BCUT2D eigenvalue weighted by Gasteiger charge is -2.11. The first kappa shape index (κ1) is 11.2. The zero-order valence-corrected chi connectivity index (χ0v) is 8.78. The molecule has 15 heavy (non-hydrogen) atoms. The lowest BCUT2D eigenvalue weighted by molar-refractivity contribution is -0.118. The molecule has 4 nitrogen and oxygen atoms in total. The van der Waals surface area contributed by atoms with E-state index in [0.29, 0.717) is 11.3 Å². The average molecular weight is 206 g/mol. The number of anilines is 1. The van der Waals surface area contributed by atoms with Gasteiger partial charge in [-0.1, -0.05) is 12.1 Å². The van der Waals surface area contributed by atoms with Gasteiger partial charge in [0.25, 0.3) is 0 Å². The normalized spacial score (nSPS) is 11.9. The third-order valence-electron chi connectivity index (χ3n) is 2.08. The first-order valence-corrected chi connectivity index (χ1v) is 4.67. The van der Waals surface area contributed by atoms with Crippen LogP contribution in [0.2, 0.25) is 0 Å². The third-order valence-corrected chi connectivity index (χ3v) is 2.08. The molecule has 1 atom stereocenters. The van der Waals surface area contributed by atoms with Crippen LogP contribution in [0, 0.1) is 0 Å². The Morgan fingerprint density at radius 1 is 1.40 bits per heavy atom. The molecule has 1 aromatic carbocycles. The van der Waals surface area contributed by atoms with Crippen LogP contribution in [-0.2, 0) is 4.79 Å². The van der Waals surface area contributed by atoms with Crippen molar-refractivity contribution in [2.45, 2.75) is 19.9 Å². The van der Waals surface area contributed by atoms with E-state index in [1.54, 1.807) is 31.2 Å². The summed E-state index contributed by atoms with van der Waals surface area (Å²) in [6, 6.07) is 6.51. The van der Waals surface area contributed by atoms with Crippen molar-refractivity contribution >= 4 is 17.4 Å². The monoisotopic (exact) mass is 206 g/mol. The Hall–Kier alpha value is -1.84. The first-order chi connectivity index (χ1) is 7.00. The number of benzene rings is 1. The van der Waals surface area contributed by atoms with E-state index in [-0.39, 0.29) is 5.78 Å². The van der Waals surface area contributed by atoms with Crippen molar-refractivity contribution in [1.29, 1.82) is 0 Å². The second-order valence-electron chi connectivity index (χ2n) is 3.41. The predicted molar refractivity (Wildman–Crippen MR) is 58.7 cm³/mol. The van der Waals surface area contributed by atoms with Crippen LogP contribution in [0.1, 0.15) is 24.2 Å². The molecule has 1 rings (SSSR count). The highest BCUT2D eigenvalue weighted by Crippen LogP contribution is 2.12. The molecule has 3 N–H and O–H groups in total. The van der Waals surface area contributed by atoms with E-state index in [2.05, 4.69) is 5.32 Å². The number of primary amides is 1. The van der Waals surface area contributed by atoms with E-state index in [9.17, 15) is 9.59 Å². The van der Waals surface area contributed by atoms with Crippen LogP contribution in [0.3, 0.4) is 0 Å². The smallest absolute Gasteiger partial charge is 0.239 e. The van der Waals surface area contributed by atoms with Gasteiger partial charge in [-0.25, -0.2) is 0 Å². The summed E-state index contributed by atoms with van der Waals surface area (Å²) in [5, 5.41) is 2.91. The summed E-state index contributed by atoms with van der Waals surface area (Å²) in [5.41, 5.74) is 6.44. The van der Waals surface area contributed by atoms with Gasteiger partial charge in [-0.2, -0.15) is 0 Å². The number of hydrogen-bond donors (Lipinski definition) is 2. The van der Waals surface area contributed by atoms with E-state index in [1.165, 1.54) is 6.92 Å². The van der Waals surface area contributed by atoms with Gasteiger partial charge in [0.1, 0.15) is 6.04 Å². The van der Waals surface area contributed by atoms with Crippen LogP contribution in [0.4, 0.5) is 5.69 Å². The highest BCUT2D eigenvalue weighted by molar-refractivity contribution is 5.95. The Labute approximate surface area is 88.5 Å². The molecule has 1 unspecified atom stereocenters. The van der Waals surface area contributed by atoms with Crippen molar-refractivity contribution in [2.24, 2.45) is 5.73 Å². The fourth-order valence-corrected chi connectivity index (χ4v) is 1.15. The Balaban J connectivity index is 2.82. The van der Waals surface area contributed by atoms with Crippen LogP contribution >= 0.6 is 0 Å². The number of amides is 1. The second-order valence-corrected chi connectivity index (χ2v) is 3.41. The van der Waals surface area contributed by atoms with E-state index in [1.807, 2.05) is 0 Å². The van der Waals surface area contributed by atoms with Gasteiger partial charge >= 0.3 is 0 Å². The molecule has 1 amide bonds. The number of ketones is 1. The molecule has 0 spiro atoms. The van der Waals surface area contributed by atoms with E-state index < -0.39 is 11.9 Å². The summed E-state index contributed by atoms with van der Waals surface area (Å²) in [6.07, 6.45) is 0. The summed E-state index contributed by atoms with van der Waals surface area (Å²) >= 11 is 0. The lowest BCUT2D eigenvalue weighted by Crippen LogP contribution is -2.32.